The summed E-state index contributed by atoms with van der Waals surface area (Å²) in [5, 5.41) is 0. The highest BCUT2D eigenvalue weighted by atomic mass is 32.1. The average molecular weight is 491 g/mol. The van der Waals surface area contributed by atoms with Crippen LogP contribution in [0.2, 0.25) is 0 Å². The first-order valence-electron chi connectivity index (χ1n) is 11.6. The summed E-state index contributed by atoms with van der Waals surface area (Å²) in [5.74, 6) is 0.406. The van der Waals surface area contributed by atoms with E-state index >= 15 is 0 Å². The molecule has 6 nitrogen and oxygen atoms in total. The van der Waals surface area contributed by atoms with Gasteiger partial charge in [0.15, 0.2) is 5.78 Å². The molecule has 0 saturated heterocycles. The second kappa shape index (κ2) is 9.66. The molecule has 35 heavy (non-hydrogen) atoms. The highest BCUT2D eigenvalue weighted by Crippen LogP contribution is 2.31. The summed E-state index contributed by atoms with van der Waals surface area (Å²) in [5.41, 5.74) is 1.91. The molecular weight excluding hydrogens is 460 g/mol. The zero-order valence-corrected chi connectivity index (χ0v) is 21.5. The Hall–Kier alpha value is -3.45. The molecule has 7 heteroatoms. The van der Waals surface area contributed by atoms with E-state index < -0.39 is 5.41 Å². The molecule has 0 radical (unpaired) electrons. The van der Waals surface area contributed by atoms with Crippen molar-refractivity contribution in [3.05, 3.63) is 79.2 Å². The average Bonchev–Trinajstić information content (AvgIpc) is 3.29. The van der Waals surface area contributed by atoms with Crippen LogP contribution in [0.1, 0.15) is 38.8 Å². The molecule has 4 rings (SSSR count). The number of hydrogen-bond acceptors (Lipinski definition) is 5. The number of thiazole rings is 1. The third-order valence-corrected chi connectivity index (χ3v) is 7.15. The van der Waals surface area contributed by atoms with Crippen molar-refractivity contribution in [3.8, 4) is 5.75 Å². The Morgan fingerprint density at radius 2 is 1.89 bits per heavy atom. The first-order chi connectivity index (χ1) is 16.6. The topological polar surface area (TPSA) is 68.6 Å². The fourth-order valence-electron chi connectivity index (χ4n) is 4.16. The van der Waals surface area contributed by atoms with E-state index in [1.165, 1.54) is 22.0 Å². The van der Waals surface area contributed by atoms with Crippen LogP contribution in [-0.4, -0.2) is 29.4 Å². The Kier molecular flexibility index (Phi) is 6.81. The second-order valence-corrected chi connectivity index (χ2v) is 10.9. The molecule has 1 unspecified atom stereocenters. The Balaban J connectivity index is 1.80. The summed E-state index contributed by atoms with van der Waals surface area (Å²) in [4.78, 5) is 41.5. The number of aromatic nitrogens is 1. The molecule has 2 heterocycles. The van der Waals surface area contributed by atoms with E-state index in [0.717, 1.165) is 23.2 Å². The van der Waals surface area contributed by atoms with Crippen LogP contribution >= 0.6 is 11.3 Å². The number of benzene rings is 2. The summed E-state index contributed by atoms with van der Waals surface area (Å²) in [7, 11) is 1.59. The van der Waals surface area contributed by atoms with E-state index in [1.807, 2.05) is 76.2 Å². The molecule has 2 aromatic carbocycles. The molecule has 0 bridgehead atoms. The lowest BCUT2D eigenvalue weighted by Gasteiger charge is -2.23. The molecule has 1 aliphatic heterocycles. The first-order valence-corrected chi connectivity index (χ1v) is 12.4. The highest BCUT2D eigenvalue weighted by Gasteiger charge is 2.31. The van der Waals surface area contributed by atoms with Crippen LogP contribution in [-0.2, 0) is 22.6 Å². The number of ketones is 1. The van der Waals surface area contributed by atoms with Crippen LogP contribution in [0.5, 0.6) is 5.75 Å². The number of para-hydroxylation sites is 1. The molecule has 0 spiro atoms. The summed E-state index contributed by atoms with van der Waals surface area (Å²) in [6.45, 7) is 7.37. The lowest BCUT2D eigenvalue weighted by molar-refractivity contribution is -0.120. The van der Waals surface area contributed by atoms with E-state index in [-0.39, 0.29) is 29.8 Å². The van der Waals surface area contributed by atoms with E-state index in [9.17, 15) is 14.4 Å². The van der Waals surface area contributed by atoms with Crippen LogP contribution < -0.4 is 24.4 Å². The van der Waals surface area contributed by atoms with Crippen LogP contribution in [0.4, 0.5) is 5.69 Å². The molecule has 1 aromatic heterocycles. The predicted octanol–water partition coefficient (Wildman–Crippen LogP) is 3.12. The normalized spacial score (nSPS) is 16.5. The van der Waals surface area contributed by atoms with Crippen LogP contribution in [0.25, 0.3) is 12.2 Å². The maximum Gasteiger partial charge on any atom is 0.269 e. The van der Waals surface area contributed by atoms with Gasteiger partial charge >= 0.3 is 0 Å². The van der Waals surface area contributed by atoms with Crippen molar-refractivity contribution in [1.82, 2.24) is 4.57 Å². The summed E-state index contributed by atoms with van der Waals surface area (Å²) < 4.78 is 7.64. The minimum Gasteiger partial charge on any atom is -0.497 e. The number of nitrogens with zero attached hydrogens (tertiary/aromatic N) is 2. The van der Waals surface area contributed by atoms with Crippen molar-refractivity contribution in [1.29, 1.82) is 0 Å². The summed E-state index contributed by atoms with van der Waals surface area (Å²) >= 11 is 1.22. The van der Waals surface area contributed by atoms with E-state index in [2.05, 4.69) is 0 Å². The Morgan fingerprint density at radius 3 is 2.60 bits per heavy atom. The van der Waals surface area contributed by atoms with Gasteiger partial charge in [-0.25, -0.2) is 0 Å². The van der Waals surface area contributed by atoms with Crippen molar-refractivity contribution < 1.29 is 14.3 Å². The lowest BCUT2D eigenvalue weighted by Crippen LogP contribution is -2.43. The number of carbonyl (C=O) groups is 2. The second-order valence-electron chi connectivity index (χ2n) is 9.82. The van der Waals surface area contributed by atoms with Gasteiger partial charge in [0.25, 0.3) is 5.56 Å². The molecule has 1 amide bonds. The Bertz CT molecular complexity index is 1460. The minimum atomic E-state index is -0.603. The maximum atomic E-state index is 13.5. The summed E-state index contributed by atoms with van der Waals surface area (Å²) in [6, 6.07) is 15.2. The van der Waals surface area contributed by atoms with E-state index in [4.69, 9.17) is 4.74 Å². The molecular formula is C28H30N2O4S. The third kappa shape index (κ3) is 5.15. The van der Waals surface area contributed by atoms with Crippen LogP contribution in [0.3, 0.4) is 0 Å². The number of anilines is 1. The number of rotatable bonds is 5. The highest BCUT2D eigenvalue weighted by molar-refractivity contribution is 7.07. The predicted molar refractivity (Wildman–Crippen MR) is 140 cm³/mol. The molecule has 0 aliphatic carbocycles. The molecule has 1 atom stereocenters. The van der Waals surface area contributed by atoms with Gasteiger partial charge in [0.1, 0.15) is 17.0 Å². The monoisotopic (exact) mass is 490 g/mol. The molecule has 3 aromatic rings. The Labute approximate surface area is 208 Å². The fraction of sp³-hybridized carbons (Fsp3) is 0.321. The van der Waals surface area contributed by atoms with Gasteiger partial charge in [-0.1, -0.05) is 51.1 Å². The van der Waals surface area contributed by atoms with Crippen molar-refractivity contribution in [2.75, 3.05) is 12.0 Å². The minimum absolute atomic E-state index is 0.000640. The Morgan fingerprint density at radius 1 is 1.14 bits per heavy atom. The molecule has 0 N–H and O–H groups in total. The van der Waals surface area contributed by atoms with Crippen LogP contribution in [0.15, 0.2) is 53.3 Å². The van der Waals surface area contributed by atoms with Gasteiger partial charge in [-0.15, -0.1) is 11.3 Å². The maximum absolute atomic E-state index is 13.5. The van der Waals surface area contributed by atoms with Gasteiger partial charge in [0, 0.05) is 23.2 Å². The third-order valence-electron chi connectivity index (χ3n) is 6.09. The number of amides is 1. The van der Waals surface area contributed by atoms with Gasteiger partial charge in [0.2, 0.25) is 5.91 Å². The largest absolute Gasteiger partial charge is 0.497 e. The van der Waals surface area contributed by atoms with E-state index in [1.54, 1.807) is 18.1 Å². The van der Waals surface area contributed by atoms with E-state index in [0.29, 0.717) is 14.9 Å². The number of hydrogen-bond donors (Lipinski definition) is 0. The zero-order valence-electron chi connectivity index (χ0n) is 20.7. The van der Waals surface area contributed by atoms with Crippen molar-refractivity contribution in [2.24, 2.45) is 5.41 Å². The quantitative estimate of drug-likeness (QED) is 0.551. The number of methoxy groups -OCH3 is 1. The SMILES string of the molecule is COc1cccc(/C=c2\s/c(=C/C(=O)C(C)(C)C)n(CC(=O)N3c4ccccc4CC3C)c2=O)c1. The molecule has 182 valence electrons. The van der Waals surface area contributed by atoms with Crippen molar-refractivity contribution in [3.63, 3.8) is 0 Å². The number of fused-ring (bicyclic) bond motifs is 1. The standard InChI is InChI=1S/C28H30N2O4S/c1-18-13-20-10-6-7-12-22(20)30(18)25(32)17-29-26(16-24(31)28(2,3)4)35-23(27(29)33)15-19-9-8-11-21(14-19)34-5/h6-12,14-16,18H,13,17H2,1-5H3/b23-15-,26-16+. The smallest absolute Gasteiger partial charge is 0.269 e. The summed E-state index contributed by atoms with van der Waals surface area (Å²) in [6.07, 6.45) is 4.03. The molecule has 1 aliphatic rings. The number of ether oxygens (including phenoxy) is 1. The number of carbonyl (C=O) groups excluding carboxylic acids is 2. The van der Waals surface area contributed by atoms with Gasteiger partial charge in [-0.05, 0) is 48.7 Å². The fourth-order valence-corrected chi connectivity index (χ4v) is 5.20. The van der Waals surface area contributed by atoms with Gasteiger partial charge in [-0.2, -0.15) is 0 Å². The lowest BCUT2D eigenvalue weighted by atomic mass is 9.91. The molecule has 0 fully saturated rings. The van der Waals surface area contributed by atoms with Crippen LogP contribution in [0, 0.1) is 5.41 Å². The van der Waals surface area contributed by atoms with Gasteiger partial charge in [0.05, 0.1) is 11.6 Å². The first kappa shape index (κ1) is 24.7. The number of Topliss-reactive ketones (excluding diaryl/α,β-unsaturated/α-hetero) is 1. The zero-order chi connectivity index (χ0) is 25.3. The van der Waals surface area contributed by atoms with Gasteiger partial charge < -0.3 is 9.64 Å². The van der Waals surface area contributed by atoms with Gasteiger partial charge in [-0.3, -0.25) is 19.0 Å². The van der Waals surface area contributed by atoms with Crippen molar-refractivity contribution in [2.45, 2.75) is 46.7 Å². The molecule has 0 saturated carbocycles. The van der Waals surface area contributed by atoms with Crippen molar-refractivity contribution >= 4 is 40.9 Å².